The highest BCUT2D eigenvalue weighted by atomic mass is 16.6. The minimum Gasteiger partial charge on any atom is -0.393 e. The van der Waals surface area contributed by atoms with E-state index in [1.54, 1.807) is 0 Å². The Labute approximate surface area is 96.0 Å². The van der Waals surface area contributed by atoms with Gasteiger partial charge in [-0.05, 0) is 18.9 Å². The van der Waals surface area contributed by atoms with Crippen molar-refractivity contribution in [2.75, 3.05) is 13.2 Å². The largest absolute Gasteiger partial charge is 0.393 e. The van der Waals surface area contributed by atoms with Crippen molar-refractivity contribution < 1.29 is 14.6 Å². The predicted molar refractivity (Wildman–Crippen MR) is 61.1 cm³/mol. The van der Waals surface area contributed by atoms with Crippen molar-refractivity contribution in [2.45, 2.75) is 31.7 Å². The summed E-state index contributed by atoms with van der Waals surface area (Å²) in [6.45, 7) is 3.34. The smallest absolute Gasteiger partial charge is 0.115 e. The van der Waals surface area contributed by atoms with Crippen LogP contribution in [-0.4, -0.2) is 30.0 Å². The molecule has 0 saturated carbocycles. The maximum atomic E-state index is 9.00. The molecule has 0 aliphatic carbocycles. The first-order valence-electron chi connectivity index (χ1n) is 5.65. The zero-order chi connectivity index (χ0) is 11.4. The zero-order valence-corrected chi connectivity index (χ0v) is 9.56. The minimum atomic E-state index is -0.309. The van der Waals surface area contributed by atoms with E-state index in [0.29, 0.717) is 13.2 Å². The van der Waals surface area contributed by atoms with E-state index in [1.807, 2.05) is 37.3 Å². The molecule has 0 amide bonds. The van der Waals surface area contributed by atoms with Crippen LogP contribution in [0.2, 0.25) is 0 Å². The minimum absolute atomic E-state index is 0.0936. The first-order valence-corrected chi connectivity index (χ1v) is 5.65. The van der Waals surface area contributed by atoms with Crippen molar-refractivity contribution >= 4 is 0 Å². The fourth-order valence-electron chi connectivity index (χ4n) is 1.75. The average Bonchev–Trinajstić information content (AvgIpc) is 2.98. The lowest BCUT2D eigenvalue weighted by molar-refractivity contribution is 0.113. The Balaban J connectivity index is 1.60. The predicted octanol–water partition coefficient (Wildman–Crippen LogP) is 1.74. The molecule has 1 aliphatic heterocycles. The molecule has 0 unspecified atom stereocenters. The number of hydrogen-bond acceptors (Lipinski definition) is 3. The van der Waals surface area contributed by atoms with Crippen LogP contribution in [0.25, 0.3) is 0 Å². The van der Waals surface area contributed by atoms with Gasteiger partial charge in [-0.1, -0.05) is 30.3 Å². The van der Waals surface area contributed by atoms with Gasteiger partial charge in [-0.25, -0.2) is 0 Å². The summed E-state index contributed by atoms with van der Waals surface area (Å²) >= 11 is 0. The summed E-state index contributed by atoms with van der Waals surface area (Å²) in [4.78, 5) is 0. The van der Waals surface area contributed by atoms with E-state index in [0.717, 1.165) is 6.42 Å². The van der Waals surface area contributed by atoms with Crippen LogP contribution in [0.15, 0.2) is 30.3 Å². The molecular weight excluding hydrogens is 204 g/mol. The lowest BCUT2D eigenvalue weighted by Crippen LogP contribution is -2.16. The van der Waals surface area contributed by atoms with Gasteiger partial charge in [0.15, 0.2) is 0 Å². The number of epoxide rings is 1. The zero-order valence-electron chi connectivity index (χ0n) is 9.56. The van der Waals surface area contributed by atoms with Gasteiger partial charge < -0.3 is 14.6 Å². The van der Waals surface area contributed by atoms with E-state index in [2.05, 4.69) is 0 Å². The normalized spacial score (nSPS) is 28.0. The Bertz CT molecular complexity index is 325. The summed E-state index contributed by atoms with van der Waals surface area (Å²) in [6, 6.07) is 10.1. The molecule has 0 radical (unpaired) electrons. The topological polar surface area (TPSA) is 42.0 Å². The van der Waals surface area contributed by atoms with E-state index in [4.69, 9.17) is 14.6 Å². The van der Waals surface area contributed by atoms with Gasteiger partial charge >= 0.3 is 0 Å². The van der Waals surface area contributed by atoms with Gasteiger partial charge in [0.2, 0.25) is 0 Å². The number of aliphatic hydroxyl groups is 1. The van der Waals surface area contributed by atoms with Crippen molar-refractivity contribution in [3.05, 3.63) is 35.9 Å². The Kier molecular flexibility index (Phi) is 3.59. The summed E-state index contributed by atoms with van der Waals surface area (Å²) in [5.74, 6) is 0. The van der Waals surface area contributed by atoms with Crippen molar-refractivity contribution in [1.82, 2.24) is 0 Å². The van der Waals surface area contributed by atoms with Crippen molar-refractivity contribution in [1.29, 1.82) is 0 Å². The standard InChI is InChI=1S/C13H18O3/c1-13(10-14)12(16-13)7-8-15-9-11-5-3-2-4-6-11/h2-6,12,14H,7-10H2,1H3/t12-,13-/m1/s1. The lowest BCUT2D eigenvalue weighted by atomic mass is 10.1. The number of benzene rings is 1. The van der Waals surface area contributed by atoms with Crippen LogP contribution in [0.1, 0.15) is 18.9 Å². The van der Waals surface area contributed by atoms with Gasteiger partial charge in [0.05, 0.1) is 19.3 Å². The third-order valence-electron chi connectivity index (χ3n) is 2.99. The van der Waals surface area contributed by atoms with Crippen LogP contribution in [0, 0.1) is 0 Å². The SMILES string of the molecule is C[C@]1(CO)O[C@@H]1CCOCc1ccccc1. The van der Waals surface area contributed by atoms with E-state index in [1.165, 1.54) is 5.56 Å². The van der Waals surface area contributed by atoms with E-state index in [-0.39, 0.29) is 18.3 Å². The molecule has 16 heavy (non-hydrogen) atoms. The third kappa shape index (κ3) is 2.82. The quantitative estimate of drug-likeness (QED) is 0.589. The highest BCUT2D eigenvalue weighted by Crippen LogP contribution is 2.37. The summed E-state index contributed by atoms with van der Waals surface area (Å²) in [5.41, 5.74) is 0.875. The van der Waals surface area contributed by atoms with E-state index >= 15 is 0 Å². The number of hydrogen-bond donors (Lipinski definition) is 1. The molecule has 3 nitrogen and oxygen atoms in total. The molecule has 88 valence electrons. The summed E-state index contributed by atoms with van der Waals surface area (Å²) < 4.78 is 10.9. The first-order chi connectivity index (χ1) is 7.74. The first kappa shape index (κ1) is 11.6. The molecule has 0 aromatic heterocycles. The van der Waals surface area contributed by atoms with Crippen LogP contribution in [0.5, 0.6) is 0 Å². The summed E-state index contributed by atoms with van der Waals surface area (Å²) in [7, 11) is 0. The van der Waals surface area contributed by atoms with E-state index < -0.39 is 0 Å². The Morgan fingerprint density at radius 3 is 2.75 bits per heavy atom. The van der Waals surface area contributed by atoms with Crippen molar-refractivity contribution in [3.8, 4) is 0 Å². The van der Waals surface area contributed by atoms with Gasteiger partial charge in [-0.15, -0.1) is 0 Å². The second-order valence-corrected chi connectivity index (χ2v) is 4.40. The number of ether oxygens (including phenoxy) is 2. The molecule has 3 heteroatoms. The van der Waals surface area contributed by atoms with Crippen LogP contribution >= 0.6 is 0 Å². The second-order valence-electron chi connectivity index (χ2n) is 4.40. The maximum absolute atomic E-state index is 9.00. The third-order valence-corrected chi connectivity index (χ3v) is 2.99. The van der Waals surface area contributed by atoms with Crippen LogP contribution in [-0.2, 0) is 16.1 Å². The van der Waals surface area contributed by atoms with E-state index in [9.17, 15) is 0 Å². The Hall–Kier alpha value is -0.900. The summed E-state index contributed by atoms with van der Waals surface area (Å²) in [6.07, 6.45) is 1.01. The molecule has 1 aliphatic rings. The molecule has 1 aromatic carbocycles. The molecular formula is C13H18O3. The Morgan fingerprint density at radius 2 is 2.12 bits per heavy atom. The fourth-order valence-corrected chi connectivity index (χ4v) is 1.75. The highest BCUT2D eigenvalue weighted by Gasteiger charge is 2.51. The number of rotatable bonds is 6. The van der Waals surface area contributed by atoms with Gasteiger partial charge in [-0.3, -0.25) is 0 Å². The second kappa shape index (κ2) is 4.95. The molecule has 0 spiro atoms. The molecule has 1 aromatic rings. The molecule has 2 atom stereocenters. The Morgan fingerprint density at radius 1 is 1.38 bits per heavy atom. The molecule has 1 fully saturated rings. The molecule has 1 heterocycles. The monoisotopic (exact) mass is 222 g/mol. The molecule has 2 rings (SSSR count). The average molecular weight is 222 g/mol. The lowest BCUT2D eigenvalue weighted by Gasteiger charge is -2.04. The molecule has 1 N–H and O–H groups in total. The number of aliphatic hydroxyl groups excluding tert-OH is 1. The van der Waals surface area contributed by atoms with Crippen LogP contribution in [0.4, 0.5) is 0 Å². The molecule has 1 saturated heterocycles. The van der Waals surface area contributed by atoms with Crippen molar-refractivity contribution in [2.24, 2.45) is 0 Å². The van der Waals surface area contributed by atoms with Gasteiger partial charge in [0.25, 0.3) is 0 Å². The highest BCUT2D eigenvalue weighted by molar-refractivity contribution is 5.13. The van der Waals surface area contributed by atoms with Crippen LogP contribution in [0.3, 0.4) is 0 Å². The summed E-state index contributed by atoms with van der Waals surface area (Å²) in [5, 5.41) is 9.00. The van der Waals surface area contributed by atoms with Gasteiger partial charge in [-0.2, -0.15) is 0 Å². The van der Waals surface area contributed by atoms with Crippen LogP contribution < -0.4 is 0 Å². The van der Waals surface area contributed by atoms with Crippen molar-refractivity contribution in [3.63, 3.8) is 0 Å². The van der Waals surface area contributed by atoms with Gasteiger partial charge in [0, 0.05) is 6.61 Å². The van der Waals surface area contributed by atoms with Gasteiger partial charge in [0.1, 0.15) is 5.60 Å². The molecule has 0 bridgehead atoms. The maximum Gasteiger partial charge on any atom is 0.115 e. The fraction of sp³-hybridized carbons (Fsp3) is 0.538.